The van der Waals surface area contributed by atoms with E-state index in [2.05, 4.69) is 15.2 Å². The first-order chi connectivity index (χ1) is 14.2. The van der Waals surface area contributed by atoms with Crippen LogP contribution in [0, 0.1) is 5.41 Å². The molecule has 1 aromatic carbocycles. The minimum absolute atomic E-state index is 0.0178. The lowest BCUT2D eigenvalue weighted by Gasteiger charge is -2.53. The maximum absolute atomic E-state index is 12.5. The summed E-state index contributed by atoms with van der Waals surface area (Å²) in [5, 5.41) is 33.2. The number of phenolic OH excluding ortho intramolecular Hbond substituents is 1. The van der Waals surface area contributed by atoms with Crippen LogP contribution in [-0.4, -0.2) is 80.2 Å². The zero-order valence-electron chi connectivity index (χ0n) is 15.3. The van der Waals surface area contributed by atoms with E-state index < -0.39 is 53.0 Å². The number of aromatic hydroxyl groups is 1. The van der Waals surface area contributed by atoms with Crippen molar-refractivity contribution < 1.29 is 39.3 Å². The van der Waals surface area contributed by atoms with Crippen molar-refractivity contribution in [1.82, 2.24) is 10.2 Å². The molecule has 2 aliphatic rings. The highest BCUT2D eigenvalue weighted by atomic mass is 32.2. The Bertz CT molecular complexity index is 938. The number of carbonyl (C=O) groups excluding carboxylic acids is 3. The van der Waals surface area contributed by atoms with Gasteiger partial charge in [0, 0.05) is 17.9 Å². The molecule has 2 heterocycles. The van der Waals surface area contributed by atoms with Gasteiger partial charge in [-0.15, -0.1) is 11.8 Å². The van der Waals surface area contributed by atoms with Crippen LogP contribution < -0.4 is 11.1 Å². The van der Waals surface area contributed by atoms with E-state index in [4.69, 9.17) is 5.73 Å². The quantitative estimate of drug-likeness (QED) is 0.163. The molecule has 3 atom stereocenters. The van der Waals surface area contributed by atoms with Crippen molar-refractivity contribution in [2.75, 3.05) is 18.9 Å². The van der Waals surface area contributed by atoms with E-state index in [0.29, 0.717) is 0 Å². The topological polar surface area (TPSA) is 192 Å². The third kappa shape index (κ3) is 3.83. The minimum Gasteiger partial charge on any atom is -0.508 e. The molecule has 6 N–H and O–H groups in total. The average molecular weight is 438 g/mol. The van der Waals surface area contributed by atoms with Crippen molar-refractivity contribution in [3.63, 3.8) is 0 Å². The van der Waals surface area contributed by atoms with Gasteiger partial charge in [0.05, 0.1) is 0 Å². The van der Waals surface area contributed by atoms with Crippen molar-refractivity contribution in [3.8, 4) is 5.75 Å². The van der Waals surface area contributed by atoms with Crippen molar-refractivity contribution in [2.45, 2.75) is 11.4 Å². The van der Waals surface area contributed by atoms with Crippen LogP contribution in [0.3, 0.4) is 0 Å². The molecule has 160 valence electrons. The number of thioether (sulfide) groups is 1. The van der Waals surface area contributed by atoms with Crippen molar-refractivity contribution >= 4 is 41.4 Å². The predicted molar refractivity (Wildman–Crippen MR) is 102 cm³/mol. The van der Waals surface area contributed by atoms with Gasteiger partial charge in [-0.05, 0) is 12.1 Å². The number of nitrogens with two attached hydrogens (primary N) is 1. The number of oxime groups is 1. The van der Waals surface area contributed by atoms with Crippen LogP contribution in [0.4, 0.5) is 4.79 Å². The van der Waals surface area contributed by atoms with Crippen LogP contribution in [0.2, 0.25) is 0 Å². The summed E-state index contributed by atoms with van der Waals surface area (Å²) in [6.45, 7) is -0.705. The Morgan fingerprint density at radius 1 is 1.40 bits per heavy atom. The number of rotatable bonds is 6. The Hall–Kier alpha value is -3.48. The van der Waals surface area contributed by atoms with Gasteiger partial charge in [0.15, 0.2) is 5.71 Å². The van der Waals surface area contributed by atoms with E-state index in [9.17, 15) is 34.6 Å². The van der Waals surface area contributed by atoms with E-state index >= 15 is 0 Å². The van der Waals surface area contributed by atoms with Crippen LogP contribution in [0.1, 0.15) is 5.56 Å². The summed E-state index contributed by atoms with van der Waals surface area (Å²) in [6, 6.07) is 4.53. The molecule has 0 spiro atoms. The molecule has 13 heteroatoms. The molecule has 12 nitrogen and oxygen atoms in total. The number of phenols is 1. The van der Waals surface area contributed by atoms with E-state index in [0.717, 1.165) is 11.8 Å². The van der Waals surface area contributed by atoms with Gasteiger partial charge in [-0.25, -0.2) is 4.79 Å². The second-order valence-corrected chi connectivity index (χ2v) is 7.92. The number of carboxylic acid groups (broad SMARTS) is 1. The molecular formula is C17H18N4O8S. The Morgan fingerprint density at radius 2 is 2.13 bits per heavy atom. The third-order valence-electron chi connectivity index (χ3n) is 4.81. The lowest BCUT2D eigenvalue weighted by atomic mass is 9.88. The minimum atomic E-state index is -1.51. The van der Waals surface area contributed by atoms with Crippen molar-refractivity contribution in [2.24, 2.45) is 16.3 Å². The number of primary amides is 1. The Morgan fingerprint density at radius 3 is 2.73 bits per heavy atom. The first-order valence-corrected chi connectivity index (χ1v) is 9.63. The summed E-state index contributed by atoms with van der Waals surface area (Å²) in [7, 11) is 0. The second-order valence-electron chi connectivity index (χ2n) is 6.81. The largest absolute Gasteiger partial charge is 0.508 e. The van der Waals surface area contributed by atoms with Gasteiger partial charge in [-0.3, -0.25) is 14.4 Å². The number of fused-ring (bicyclic) bond motifs is 1. The molecule has 0 aromatic heterocycles. The number of β-lactam (4-membered cyclic amide) rings is 1. The number of carbonyl (C=O) groups is 4. The maximum atomic E-state index is 12.5. The second kappa shape index (κ2) is 8.10. The summed E-state index contributed by atoms with van der Waals surface area (Å²) in [4.78, 5) is 48.9. The Kier molecular flexibility index (Phi) is 5.73. The third-order valence-corrected chi connectivity index (χ3v) is 6.40. The Labute approximate surface area is 173 Å². The number of carboxylic acids is 1. The highest BCUT2D eigenvalue weighted by Crippen LogP contribution is 2.42. The highest BCUT2D eigenvalue weighted by Gasteiger charge is 2.58. The number of hydrogen-bond donors (Lipinski definition) is 5. The maximum Gasteiger partial charge on any atom is 0.404 e. The highest BCUT2D eigenvalue weighted by molar-refractivity contribution is 8.00. The first-order valence-electron chi connectivity index (χ1n) is 8.58. The van der Waals surface area contributed by atoms with Crippen LogP contribution in [-0.2, 0) is 19.1 Å². The summed E-state index contributed by atoms with van der Waals surface area (Å²) < 4.78 is 4.66. The van der Waals surface area contributed by atoms with E-state index in [1.54, 1.807) is 0 Å². The number of hydrogen-bond acceptors (Lipinski definition) is 9. The fourth-order valence-electron chi connectivity index (χ4n) is 3.21. The van der Waals surface area contributed by atoms with Gasteiger partial charge in [0.1, 0.15) is 29.2 Å². The van der Waals surface area contributed by atoms with Gasteiger partial charge >= 0.3 is 12.1 Å². The molecule has 0 bridgehead atoms. The smallest absolute Gasteiger partial charge is 0.404 e. The molecule has 3 amide bonds. The van der Waals surface area contributed by atoms with Gasteiger partial charge in [-0.1, -0.05) is 17.3 Å². The van der Waals surface area contributed by atoms with Crippen molar-refractivity contribution in [1.29, 1.82) is 0 Å². The molecule has 2 aliphatic heterocycles. The lowest BCUT2D eigenvalue weighted by molar-refractivity contribution is -0.160. The van der Waals surface area contributed by atoms with Gasteiger partial charge in [0.2, 0.25) is 5.91 Å². The number of ether oxygens (including phenoxy) is 1. The summed E-state index contributed by atoms with van der Waals surface area (Å²) in [6.07, 6.45) is -1.12. The molecule has 0 saturated carbocycles. The molecule has 1 aromatic rings. The van der Waals surface area contributed by atoms with Crippen LogP contribution in [0.5, 0.6) is 5.75 Å². The van der Waals surface area contributed by atoms with Gasteiger partial charge < -0.3 is 36.1 Å². The number of benzene rings is 1. The summed E-state index contributed by atoms with van der Waals surface area (Å²) in [5.41, 5.74) is 3.14. The normalized spacial score (nSPS) is 25.7. The predicted octanol–water partition coefficient (Wildman–Crippen LogP) is -0.863. The standard InChI is InChI=1S/C17H18N4O8S/c18-16(27)29-6-17(15(25)26)5-21-13(24)11(14(21)30-7-17)19-12(23)10(20-28)8-2-1-3-9(22)4-8/h1-4,11,14,22,28H,5-7H2,(H2,18,27)(H,19,23)(H,25,26)/t11?,14-,17?/m1/s1. The first kappa shape index (κ1) is 21.2. The fraction of sp³-hybridized carbons (Fsp3) is 0.353. The van der Waals surface area contributed by atoms with Crippen LogP contribution in [0.15, 0.2) is 29.4 Å². The number of aliphatic carboxylic acids is 1. The molecule has 0 radical (unpaired) electrons. The molecular weight excluding hydrogens is 420 g/mol. The SMILES string of the molecule is NC(=O)OCC1(C(=O)O)CS[C@@H]2C(NC(=O)C(=NO)c3cccc(O)c3)C(=O)N2C1. The molecule has 2 fully saturated rings. The van der Waals surface area contributed by atoms with Crippen LogP contribution in [0.25, 0.3) is 0 Å². The number of nitrogens with zero attached hydrogens (tertiary/aromatic N) is 2. The average Bonchev–Trinajstić information content (AvgIpc) is 2.70. The van der Waals surface area contributed by atoms with E-state index in [1.165, 1.54) is 29.2 Å². The fourth-order valence-corrected chi connectivity index (χ4v) is 4.74. The molecule has 2 unspecified atom stereocenters. The van der Waals surface area contributed by atoms with Gasteiger partial charge in [0.25, 0.3) is 5.91 Å². The molecule has 0 aliphatic carbocycles. The summed E-state index contributed by atoms with van der Waals surface area (Å²) >= 11 is 1.11. The molecule has 3 rings (SSSR count). The van der Waals surface area contributed by atoms with E-state index in [-0.39, 0.29) is 23.6 Å². The number of amides is 3. The van der Waals surface area contributed by atoms with Crippen LogP contribution >= 0.6 is 11.8 Å². The number of nitrogens with one attached hydrogen (secondary N) is 1. The van der Waals surface area contributed by atoms with Gasteiger partial charge in [-0.2, -0.15) is 0 Å². The Balaban J connectivity index is 1.69. The lowest BCUT2D eigenvalue weighted by Crippen LogP contribution is -2.74. The summed E-state index contributed by atoms with van der Waals surface area (Å²) in [5.74, 6) is -2.73. The monoisotopic (exact) mass is 438 g/mol. The van der Waals surface area contributed by atoms with E-state index in [1.807, 2.05) is 0 Å². The zero-order valence-corrected chi connectivity index (χ0v) is 16.2. The molecule has 30 heavy (non-hydrogen) atoms. The molecule has 2 saturated heterocycles. The zero-order chi connectivity index (χ0) is 22.1. The van der Waals surface area contributed by atoms with Crippen molar-refractivity contribution in [3.05, 3.63) is 29.8 Å².